The molecule has 136 valence electrons. The van der Waals surface area contributed by atoms with E-state index < -0.39 is 10.0 Å². The first-order valence-corrected chi connectivity index (χ1v) is 10.1. The van der Waals surface area contributed by atoms with Crippen molar-refractivity contribution >= 4 is 10.0 Å². The lowest BCUT2D eigenvalue weighted by Crippen LogP contribution is -2.42. The molecule has 0 radical (unpaired) electrons. The molecule has 0 saturated carbocycles. The number of nitrogens with zero attached hydrogens (tertiary/aromatic N) is 3. The molecular formula is C18H25N3O3S. The number of rotatable bonds is 5. The monoisotopic (exact) mass is 363 g/mol. The quantitative estimate of drug-likeness (QED) is 0.811. The molecule has 0 spiro atoms. The lowest BCUT2D eigenvalue weighted by atomic mass is 9.75. The van der Waals surface area contributed by atoms with Crippen molar-refractivity contribution < 1.29 is 12.8 Å². The number of hydrogen-bond acceptors (Lipinski definition) is 5. The van der Waals surface area contributed by atoms with Crippen LogP contribution in [-0.2, 0) is 10.0 Å². The van der Waals surface area contributed by atoms with E-state index in [4.69, 9.17) is 4.42 Å². The van der Waals surface area contributed by atoms with Gasteiger partial charge < -0.3 is 4.42 Å². The fraction of sp³-hybridized carbons (Fsp3) is 0.556. The molecule has 1 aromatic carbocycles. The predicted molar refractivity (Wildman–Crippen MR) is 95.3 cm³/mol. The summed E-state index contributed by atoms with van der Waals surface area (Å²) in [4.78, 5) is 0.274. The minimum absolute atomic E-state index is 0.228. The van der Waals surface area contributed by atoms with Gasteiger partial charge in [0.15, 0.2) is 0 Å². The van der Waals surface area contributed by atoms with Gasteiger partial charge >= 0.3 is 0 Å². The summed E-state index contributed by atoms with van der Waals surface area (Å²) in [5.74, 6) is 0.944. The van der Waals surface area contributed by atoms with E-state index in [0.717, 1.165) is 19.3 Å². The lowest BCUT2D eigenvalue weighted by molar-refractivity contribution is 0.144. The van der Waals surface area contributed by atoms with Crippen LogP contribution in [0.25, 0.3) is 11.5 Å². The Labute approximate surface area is 149 Å². The second-order valence-corrected chi connectivity index (χ2v) is 9.52. The summed E-state index contributed by atoms with van der Waals surface area (Å²) in [6.45, 7) is 7.84. The molecule has 2 aromatic rings. The minimum atomic E-state index is -3.51. The summed E-state index contributed by atoms with van der Waals surface area (Å²) in [5.41, 5.74) is 0.839. The van der Waals surface area contributed by atoms with Gasteiger partial charge in [-0.15, -0.1) is 10.2 Å². The standard InChI is InChI=1S/C18H25N3O3S/c1-14(2)12-18(3)7-9-21(10-8-18)25(22,23)16-6-4-5-15(11-16)17-20-19-13-24-17/h4-6,11,13-14H,7-10,12H2,1-3H3. The van der Waals surface area contributed by atoms with Gasteiger partial charge in [-0.3, -0.25) is 0 Å². The molecule has 0 bridgehead atoms. The van der Waals surface area contributed by atoms with Crippen LogP contribution in [0.5, 0.6) is 0 Å². The number of benzene rings is 1. The van der Waals surface area contributed by atoms with Crippen LogP contribution in [0.4, 0.5) is 0 Å². The van der Waals surface area contributed by atoms with E-state index in [1.54, 1.807) is 28.6 Å². The highest BCUT2D eigenvalue weighted by Crippen LogP contribution is 2.38. The third-order valence-electron chi connectivity index (χ3n) is 4.91. The highest BCUT2D eigenvalue weighted by atomic mass is 32.2. The number of sulfonamides is 1. The average Bonchev–Trinajstić information content (AvgIpc) is 3.09. The lowest BCUT2D eigenvalue weighted by Gasteiger charge is -2.39. The average molecular weight is 363 g/mol. The Kier molecular flexibility index (Phi) is 4.97. The van der Waals surface area contributed by atoms with Gasteiger partial charge in [0, 0.05) is 18.7 Å². The molecule has 0 aliphatic carbocycles. The van der Waals surface area contributed by atoms with Gasteiger partial charge in [0.25, 0.3) is 0 Å². The van der Waals surface area contributed by atoms with Gasteiger partial charge in [0.2, 0.25) is 22.3 Å². The third kappa shape index (κ3) is 3.93. The summed E-state index contributed by atoms with van der Waals surface area (Å²) in [7, 11) is -3.51. The van der Waals surface area contributed by atoms with Crippen LogP contribution in [0.1, 0.15) is 40.0 Å². The third-order valence-corrected chi connectivity index (χ3v) is 6.80. The van der Waals surface area contributed by atoms with E-state index in [1.807, 2.05) is 0 Å². The first-order valence-electron chi connectivity index (χ1n) is 8.67. The maximum absolute atomic E-state index is 13.0. The van der Waals surface area contributed by atoms with Crippen molar-refractivity contribution in [2.45, 2.75) is 44.9 Å². The Morgan fingerprint density at radius 3 is 2.60 bits per heavy atom. The van der Waals surface area contributed by atoms with Crippen LogP contribution in [0.15, 0.2) is 40.0 Å². The van der Waals surface area contributed by atoms with E-state index in [0.29, 0.717) is 30.5 Å². The molecule has 1 aromatic heterocycles. The maximum atomic E-state index is 13.0. The summed E-state index contributed by atoms with van der Waals surface area (Å²) < 4.78 is 32.8. The van der Waals surface area contributed by atoms with Crippen molar-refractivity contribution in [2.75, 3.05) is 13.1 Å². The van der Waals surface area contributed by atoms with Crippen molar-refractivity contribution in [3.8, 4) is 11.5 Å². The first-order chi connectivity index (χ1) is 11.8. The van der Waals surface area contributed by atoms with Gasteiger partial charge in [-0.05, 0) is 48.8 Å². The summed E-state index contributed by atoms with van der Waals surface area (Å²) in [6, 6.07) is 6.70. The Balaban J connectivity index is 1.78. The molecule has 1 aliphatic heterocycles. The molecule has 2 heterocycles. The number of piperidine rings is 1. The summed E-state index contributed by atoms with van der Waals surface area (Å²) >= 11 is 0. The largest absolute Gasteiger partial charge is 0.423 e. The molecule has 7 heteroatoms. The zero-order valence-corrected chi connectivity index (χ0v) is 15.8. The molecule has 0 N–H and O–H groups in total. The molecule has 1 fully saturated rings. The van der Waals surface area contributed by atoms with Crippen molar-refractivity contribution in [1.29, 1.82) is 0 Å². The fourth-order valence-electron chi connectivity index (χ4n) is 3.69. The van der Waals surface area contributed by atoms with Crippen LogP contribution >= 0.6 is 0 Å². The van der Waals surface area contributed by atoms with E-state index in [9.17, 15) is 8.42 Å². The van der Waals surface area contributed by atoms with E-state index in [2.05, 4.69) is 31.0 Å². The smallest absolute Gasteiger partial charge is 0.247 e. The minimum Gasteiger partial charge on any atom is -0.423 e. The molecular weight excluding hydrogens is 338 g/mol. The molecule has 6 nitrogen and oxygen atoms in total. The van der Waals surface area contributed by atoms with Crippen molar-refractivity contribution in [1.82, 2.24) is 14.5 Å². The zero-order valence-electron chi connectivity index (χ0n) is 15.0. The Morgan fingerprint density at radius 2 is 2.00 bits per heavy atom. The first kappa shape index (κ1) is 18.1. The van der Waals surface area contributed by atoms with Crippen molar-refractivity contribution in [3.63, 3.8) is 0 Å². The second kappa shape index (κ2) is 6.88. The summed E-state index contributed by atoms with van der Waals surface area (Å²) in [6.07, 6.45) is 4.16. The van der Waals surface area contributed by atoms with Gasteiger partial charge in [-0.1, -0.05) is 26.8 Å². The van der Waals surface area contributed by atoms with Crippen LogP contribution in [0.2, 0.25) is 0 Å². The molecule has 0 amide bonds. The summed E-state index contributed by atoms with van der Waals surface area (Å²) in [5, 5.41) is 7.49. The van der Waals surface area contributed by atoms with E-state index in [-0.39, 0.29) is 10.3 Å². The molecule has 1 saturated heterocycles. The number of aromatic nitrogens is 2. The molecule has 3 rings (SSSR count). The van der Waals surface area contributed by atoms with Crippen LogP contribution in [0.3, 0.4) is 0 Å². The Hall–Kier alpha value is -1.73. The van der Waals surface area contributed by atoms with Crippen molar-refractivity contribution in [2.24, 2.45) is 11.3 Å². The van der Waals surface area contributed by atoms with Crippen LogP contribution in [0, 0.1) is 11.3 Å². The van der Waals surface area contributed by atoms with Gasteiger partial charge in [-0.25, -0.2) is 8.42 Å². The Bertz CT molecular complexity index is 808. The SMILES string of the molecule is CC(C)CC1(C)CCN(S(=O)(=O)c2cccc(-c3nnco3)c2)CC1. The normalized spacial score (nSPS) is 18.6. The second-order valence-electron chi connectivity index (χ2n) is 7.58. The van der Waals surface area contributed by atoms with Crippen molar-refractivity contribution in [3.05, 3.63) is 30.7 Å². The van der Waals surface area contributed by atoms with E-state index >= 15 is 0 Å². The predicted octanol–water partition coefficient (Wildman–Crippen LogP) is 3.57. The topological polar surface area (TPSA) is 76.3 Å². The highest BCUT2D eigenvalue weighted by Gasteiger charge is 2.35. The fourth-order valence-corrected chi connectivity index (χ4v) is 5.18. The van der Waals surface area contributed by atoms with Crippen LogP contribution in [-0.4, -0.2) is 36.0 Å². The zero-order chi connectivity index (χ0) is 18.1. The van der Waals surface area contributed by atoms with Crippen LogP contribution < -0.4 is 0 Å². The Morgan fingerprint density at radius 1 is 1.28 bits per heavy atom. The maximum Gasteiger partial charge on any atom is 0.247 e. The molecule has 25 heavy (non-hydrogen) atoms. The van der Waals surface area contributed by atoms with Gasteiger partial charge in [0.05, 0.1) is 4.90 Å². The van der Waals surface area contributed by atoms with Gasteiger partial charge in [-0.2, -0.15) is 4.31 Å². The number of hydrogen-bond donors (Lipinski definition) is 0. The van der Waals surface area contributed by atoms with Gasteiger partial charge in [0.1, 0.15) is 0 Å². The molecule has 0 unspecified atom stereocenters. The van der Waals surface area contributed by atoms with E-state index in [1.165, 1.54) is 6.39 Å². The molecule has 1 aliphatic rings. The highest BCUT2D eigenvalue weighted by molar-refractivity contribution is 7.89. The molecule has 0 atom stereocenters.